The lowest BCUT2D eigenvalue weighted by atomic mass is 10.1. The van der Waals surface area contributed by atoms with Crippen molar-refractivity contribution in [3.05, 3.63) is 30.1 Å². The van der Waals surface area contributed by atoms with E-state index < -0.39 is 0 Å². The van der Waals surface area contributed by atoms with Gasteiger partial charge in [-0.3, -0.25) is 4.98 Å². The molecule has 0 aromatic carbocycles. The van der Waals surface area contributed by atoms with Crippen molar-refractivity contribution < 1.29 is 0 Å². The van der Waals surface area contributed by atoms with E-state index in [1.807, 2.05) is 18.3 Å². The quantitative estimate of drug-likeness (QED) is 0.762. The van der Waals surface area contributed by atoms with Crippen LogP contribution in [0.15, 0.2) is 24.4 Å². The molecule has 1 rings (SSSR count). The van der Waals surface area contributed by atoms with E-state index in [0.717, 1.165) is 38.0 Å². The van der Waals surface area contributed by atoms with Gasteiger partial charge >= 0.3 is 0 Å². The van der Waals surface area contributed by atoms with Crippen LogP contribution in [0.3, 0.4) is 0 Å². The molecule has 1 unspecified atom stereocenters. The first-order chi connectivity index (χ1) is 7.77. The predicted octanol–water partition coefficient (Wildman–Crippen LogP) is 1.68. The number of rotatable bonds is 7. The van der Waals surface area contributed by atoms with Crippen molar-refractivity contribution in [2.45, 2.75) is 32.2 Å². The molecule has 0 saturated carbocycles. The monoisotopic (exact) mass is 221 g/mol. The molecule has 0 aliphatic heterocycles. The van der Waals surface area contributed by atoms with Crippen LogP contribution in [0.2, 0.25) is 0 Å². The van der Waals surface area contributed by atoms with Gasteiger partial charge in [0.1, 0.15) is 0 Å². The van der Waals surface area contributed by atoms with Gasteiger partial charge in [0, 0.05) is 30.9 Å². The van der Waals surface area contributed by atoms with Crippen molar-refractivity contribution >= 4 is 0 Å². The highest BCUT2D eigenvalue weighted by atomic mass is 15.1. The average molecular weight is 221 g/mol. The van der Waals surface area contributed by atoms with E-state index in [9.17, 15) is 0 Å². The van der Waals surface area contributed by atoms with Gasteiger partial charge in [-0.2, -0.15) is 0 Å². The van der Waals surface area contributed by atoms with Gasteiger partial charge in [0.15, 0.2) is 0 Å². The van der Waals surface area contributed by atoms with Crippen molar-refractivity contribution in [1.29, 1.82) is 0 Å². The summed E-state index contributed by atoms with van der Waals surface area (Å²) in [5.74, 6) is 0. The molecule has 0 bridgehead atoms. The summed E-state index contributed by atoms with van der Waals surface area (Å²) in [6.45, 7) is 4.04. The van der Waals surface area contributed by atoms with Gasteiger partial charge < -0.3 is 10.6 Å². The topological polar surface area (TPSA) is 42.1 Å². The molecule has 1 aromatic heterocycles. The van der Waals surface area contributed by atoms with Crippen LogP contribution in [0, 0.1) is 0 Å². The van der Waals surface area contributed by atoms with Gasteiger partial charge in [-0.25, -0.2) is 0 Å². The number of likely N-dealkylation sites (N-methyl/N-ethyl adjacent to an activating group) is 1. The van der Waals surface area contributed by atoms with Crippen LogP contribution >= 0.6 is 0 Å². The third-order valence-electron chi connectivity index (χ3n) is 3.04. The second kappa shape index (κ2) is 7.36. The minimum atomic E-state index is 0.605. The minimum Gasteiger partial charge on any atom is -0.330 e. The third kappa shape index (κ3) is 4.29. The first-order valence-corrected chi connectivity index (χ1v) is 6.08. The van der Waals surface area contributed by atoms with Crippen molar-refractivity contribution in [3.63, 3.8) is 0 Å². The molecular weight excluding hydrogens is 198 g/mol. The number of nitrogens with zero attached hydrogens (tertiary/aromatic N) is 2. The molecule has 0 amide bonds. The Bertz CT molecular complexity index is 274. The summed E-state index contributed by atoms with van der Waals surface area (Å²) >= 11 is 0. The molecule has 1 aromatic rings. The zero-order valence-corrected chi connectivity index (χ0v) is 10.4. The lowest BCUT2D eigenvalue weighted by molar-refractivity contribution is 0.228. The molecule has 0 fully saturated rings. The summed E-state index contributed by atoms with van der Waals surface area (Å²) in [6.07, 6.45) is 5.11. The number of nitrogens with two attached hydrogens (primary N) is 1. The van der Waals surface area contributed by atoms with Crippen molar-refractivity contribution in [1.82, 2.24) is 9.88 Å². The molecule has 0 aliphatic carbocycles. The standard InChI is InChI=1S/C13H23N3/c1-3-13(7-9-14)16(2)11-8-12-6-4-5-10-15-12/h4-6,10,13H,3,7-9,11,14H2,1-2H3. The zero-order valence-electron chi connectivity index (χ0n) is 10.4. The van der Waals surface area contributed by atoms with Crippen LogP contribution in [0.25, 0.3) is 0 Å². The molecule has 3 heteroatoms. The fraction of sp³-hybridized carbons (Fsp3) is 0.615. The van der Waals surface area contributed by atoms with E-state index in [1.54, 1.807) is 0 Å². The summed E-state index contributed by atoms with van der Waals surface area (Å²) in [4.78, 5) is 6.72. The molecule has 0 aliphatic rings. The van der Waals surface area contributed by atoms with Crippen LogP contribution in [0.1, 0.15) is 25.5 Å². The average Bonchev–Trinajstić information content (AvgIpc) is 2.34. The Morgan fingerprint density at radius 2 is 2.25 bits per heavy atom. The highest BCUT2D eigenvalue weighted by molar-refractivity contribution is 5.03. The van der Waals surface area contributed by atoms with Crippen molar-refractivity contribution in [2.75, 3.05) is 20.1 Å². The first kappa shape index (κ1) is 13.1. The molecule has 0 spiro atoms. The van der Waals surface area contributed by atoms with Crippen LogP contribution in [0.4, 0.5) is 0 Å². The molecule has 1 atom stereocenters. The number of hydrogen-bond donors (Lipinski definition) is 1. The molecule has 0 radical (unpaired) electrons. The Kier molecular flexibility index (Phi) is 6.04. The molecule has 2 N–H and O–H groups in total. The Labute approximate surface area is 98.7 Å². The summed E-state index contributed by atoms with van der Waals surface area (Å²) in [6, 6.07) is 6.68. The number of hydrogen-bond acceptors (Lipinski definition) is 3. The fourth-order valence-electron chi connectivity index (χ4n) is 1.95. The Hall–Kier alpha value is -0.930. The van der Waals surface area contributed by atoms with Crippen molar-refractivity contribution in [3.8, 4) is 0 Å². The van der Waals surface area contributed by atoms with Gasteiger partial charge in [-0.15, -0.1) is 0 Å². The Morgan fingerprint density at radius 3 is 2.81 bits per heavy atom. The van der Waals surface area contributed by atoms with Crippen LogP contribution in [-0.2, 0) is 6.42 Å². The highest BCUT2D eigenvalue weighted by Gasteiger charge is 2.11. The second-order valence-corrected chi connectivity index (χ2v) is 4.19. The highest BCUT2D eigenvalue weighted by Crippen LogP contribution is 2.06. The van der Waals surface area contributed by atoms with Gasteiger partial charge in [-0.05, 0) is 38.6 Å². The normalized spacial score (nSPS) is 13.0. The molecule has 0 saturated heterocycles. The summed E-state index contributed by atoms with van der Waals surface area (Å²) < 4.78 is 0. The maximum absolute atomic E-state index is 5.61. The lowest BCUT2D eigenvalue weighted by Gasteiger charge is -2.26. The van der Waals surface area contributed by atoms with Gasteiger partial charge in [-0.1, -0.05) is 13.0 Å². The second-order valence-electron chi connectivity index (χ2n) is 4.19. The smallest absolute Gasteiger partial charge is 0.0416 e. The van der Waals surface area contributed by atoms with E-state index in [1.165, 1.54) is 0 Å². The van der Waals surface area contributed by atoms with E-state index in [-0.39, 0.29) is 0 Å². The molecule has 90 valence electrons. The first-order valence-electron chi connectivity index (χ1n) is 6.08. The van der Waals surface area contributed by atoms with E-state index >= 15 is 0 Å². The fourth-order valence-corrected chi connectivity index (χ4v) is 1.95. The van der Waals surface area contributed by atoms with Gasteiger partial charge in [0.05, 0.1) is 0 Å². The molecule has 16 heavy (non-hydrogen) atoms. The van der Waals surface area contributed by atoms with E-state index in [4.69, 9.17) is 5.73 Å². The van der Waals surface area contributed by atoms with Crippen LogP contribution < -0.4 is 5.73 Å². The molecular formula is C13H23N3. The number of aromatic nitrogens is 1. The Morgan fingerprint density at radius 1 is 1.44 bits per heavy atom. The largest absolute Gasteiger partial charge is 0.330 e. The third-order valence-corrected chi connectivity index (χ3v) is 3.04. The maximum Gasteiger partial charge on any atom is 0.0416 e. The van der Waals surface area contributed by atoms with Crippen LogP contribution in [-0.4, -0.2) is 36.1 Å². The Balaban J connectivity index is 2.36. The van der Waals surface area contributed by atoms with Crippen molar-refractivity contribution in [2.24, 2.45) is 5.73 Å². The maximum atomic E-state index is 5.61. The zero-order chi connectivity index (χ0) is 11.8. The number of pyridine rings is 1. The van der Waals surface area contributed by atoms with Gasteiger partial charge in [0.25, 0.3) is 0 Å². The predicted molar refractivity (Wildman–Crippen MR) is 68.3 cm³/mol. The molecule has 1 heterocycles. The van der Waals surface area contributed by atoms with E-state index in [0.29, 0.717) is 6.04 Å². The lowest BCUT2D eigenvalue weighted by Crippen LogP contribution is -2.34. The SMILES string of the molecule is CCC(CCN)N(C)CCc1ccccn1. The summed E-state index contributed by atoms with van der Waals surface area (Å²) in [5.41, 5.74) is 6.77. The van der Waals surface area contributed by atoms with Gasteiger partial charge in [0.2, 0.25) is 0 Å². The summed E-state index contributed by atoms with van der Waals surface area (Å²) in [5, 5.41) is 0. The summed E-state index contributed by atoms with van der Waals surface area (Å²) in [7, 11) is 2.17. The van der Waals surface area contributed by atoms with Crippen LogP contribution in [0.5, 0.6) is 0 Å². The molecule has 3 nitrogen and oxygen atoms in total. The van der Waals surface area contributed by atoms with E-state index in [2.05, 4.69) is 29.9 Å². The minimum absolute atomic E-state index is 0.605.